The van der Waals surface area contributed by atoms with Gasteiger partial charge in [-0.3, -0.25) is 0 Å². The summed E-state index contributed by atoms with van der Waals surface area (Å²) >= 11 is 8.85. The van der Waals surface area contributed by atoms with E-state index >= 15 is 0 Å². The average Bonchev–Trinajstić information content (AvgIpc) is 3.17. The smallest absolute Gasteiger partial charge is 0.216 e. The zero-order chi connectivity index (χ0) is 22.5. The minimum atomic E-state index is -0.309. The van der Waals surface area contributed by atoms with Crippen LogP contribution in [0.3, 0.4) is 0 Å². The van der Waals surface area contributed by atoms with Gasteiger partial charge in [-0.05, 0) is 63.5 Å². The lowest BCUT2D eigenvalue weighted by Gasteiger charge is -2.13. The number of aromatic nitrogens is 3. The first-order valence-corrected chi connectivity index (χ1v) is 10.8. The first-order valence-electron chi connectivity index (χ1n) is 9.57. The molecule has 0 bridgehead atoms. The molecule has 0 aliphatic carbocycles. The first-order chi connectivity index (χ1) is 15.5. The minimum absolute atomic E-state index is 0.199. The van der Waals surface area contributed by atoms with Crippen LogP contribution in [0.15, 0.2) is 76.3 Å². The van der Waals surface area contributed by atoms with Crippen molar-refractivity contribution in [2.45, 2.75) is 6.61 Å². The molecule has 0 saturated carbocycles. The summed E-state index contributed by atoms with van der Waals surface area (Å²) in [6, 6.07) is 19.5. The molecule has 162 valence electrons. The lowest BCUT2D eigenvalue weighted by Crippen LogP contribution is -2.00. The van der Waals surface area contributed by atoms with E-state index in [4.69, 9.17) is 21.7 Å². The van der Waals surface area contributed by atoms with Crippen LogP contribution in [0.4, 0.5) is 4.39 Å². The van der Waals surface area contributed by atoms with Gasteiger partial charge < -0.3 is 9.47 Å². The standard InChI is InChI=1S/C23H18BrFN4O2S/c1-30-20-12-16(11-19(24)21(20)31-14-15-6-5-9-18(25)10-15)13-26-29-22(27-28-23(29)32)17-7-3-2-4-8-17/h2-13H,14H2,1H3,(H,28,32)/b26-13-. The van der Waals surface area contributed by atoms with E-state index in [2.05, 4.69) is 31.2 Å². The Morgan fingerprint density at radius 1 is 1.16 bits per heavy atom. The van der Waals surface area contributed by atoms with E-state index in [0.29, 0.717) is 32.1 Å². The number of nitrogens with zero attached hydrogens (tertiary/aromatic N) is 3. The number of methoxy groups -OCH3 is 1. The Labute approximate surface area is 197 Å². The van der Waals surface area contributed by atoms with Crippen molar-refractivity contribution < 1.29 is 13.9 Å². The molecular formula is C23H18BrFN4O2S. The van der Waals surface area contributed by atoms with Crippen molar-refractivity contribution in [3.8, 4) is 22.9 Å². The van der Waals surface area contributed by atoms with Crippen LogP contribution in [0, 0.1) is 10.6 Å². The van der Waals surface area contributed by atoms with Gasteiger partial charge in [0.05, 0.1) is 17.8 Å². The third-order valence-corrected chi connectivity index (χ3v) is 5.38. The summed E-state index contributed by atoms with van der Waals surface area (Å²) < 4.78 is 27.4. The molecule has 9 heteroatoms. The van der Waals surface area contributed by atoms with Crippen molar-refractivity contribution in [1.82, 2.24) is 14.9 Å². The van der Waals surface area contributed by atoms with Gasteiger partial charge in [-0.25, -0.2) is 9.49 Å². The van der Waals surface area contributed by atoms with Gasteiger partial charge in [0.2, 0.25) is 4.77 Å². The van der Waals surface area contributed by atoms with E-state index in [0.717, 1.165) is 11.1 Å². The molecule has 1 aromatic heterocycles. The number of ether oxygens (including phenoxy) is 2. The van der Waals surface area contributed by atoms with E-state index < -0.39 is 0 Å². The van der Waals surface area contributed by atoms with Crippen LogP contribution in [0.25, 0.3) is 11.4 Å². The normalized spacial score (nSPS) is 11.1. The lowest BCUT2D eigenvalue weighted by molar-refractivity contribution is 0.282. The van der Waals surface area contributed by atoms with Crippen LogP contribution in [-0.2, 0) is 6.61 Å². The molecule has 0 fully saturated rings. The van der Waals surface area contributed by atoms with Crippen LogP contribution in [0.2, 0.25) is 0 Å². The second-order valence-corrected chi connectivity index (χ2v) is 7.97. The molecule has 0 amide bonds. The Balaban J connectivity index is 1.59. The fraction of sp³-hybridized carbons (Fsp3) is 0.0870. The summed E-state index contributed by atoms with van der Waals surface area (Å²) in [5.74, 6) is 1.32. The molecule has 1 heterocycles. The van der Waals surface area contributed by atoms with Gasteiger partial charge in [0.1, 0.15) is 12.4 Å². The molecule has 0 unspecified atom stereocenters. The van der Waals surface area contributed by atoms with Gasteiger partial charge in [0.25, 0.3) is 0 Å². The average molecular weight is 513 g/mol. The summed E-state index contributed by atoms with van der Waals surface area (Å²) in [6.07, 6.45) is 1.65. The molecule has 4 aromatic rings. The number of aromatic amines is 1. The van der Waals surface area contributed by atoms with Crippen molar-refractivity contribution >= 4 is 34.4 Å². The Morgan fingerprint density at radius 2 is 1.97 bits per heavy atom. The second-order valence-electron chi connectivity index (χ2n) is 6.73. The third-order valence-electron chi connectivity index (χ3n) is 4.53. The molecule has 0 spiro atoms. The molecule has 0 aliphatic heterocycles. The van der Waals surface area contributed by atoms with E-state index in [9.17, 15) is 4.39 Å². The number of benzene rings is 3. The molecule has 4 rings (SSSR count). The van der Waals surface area contributed by atoms with Gasteiger partial charge in [0, 0.05) is 5.56 Å². The summed E-state index contributed by atoms with van der Waals surface area (Å²) in [5, 5.41) is 11.5. The van der Waals surface area contributed by atoms with Crippen molar-refractivity contribution in [3.05, 3.63) is 92.9 Å². The molecule has 0 aliphatic rings. The van der Waals surface area contributed by atoms with E-state index in [1.54, 1.807) is 36.2 Å². The van der Waals surface area contributed by atoms with Crippen LogP contribution in [0.1, 0.15) is 11.1 Å². The third kappa shape index (κ3) is 4.95. The molecular weight excluding hydrogens is 495 g/mol. The minimum Gasteiger partial charge on any atom is -0.493 e. The van der Waals surface area contributed by atoms with Gasteiger partial charge in [-0.2, -0.15) is 14.9 Å². The zero-order valence-corrected chi connectivity index (χ0v) is 19.4. The highest BCUT2D eigenvalue weighted by Gasteiger charge is 2.13. The monoisotopic (exact) mass is 512 g/mol. The highest BCUT2D eigenvalue weighted by atomic mass is 79.9. The quantitative estimate of drug-likeness (QED) is 0.244. The molecule has 1 N–H and O–H groups in total. The maximum atomic E-state index is 13.4. The highest BCUT2D eigenvalue weighted by molar-refractivity contribution is 9.10. The predicted octanol–water partition coefficient (Wildman–Crippen LogP) is 5.98. The Hall–Kier alpha value is -3.30. The van der Waals surface area contributed by atoms with Gasteiger partial charge >= 0.3 is 0 Å². The largest absolute Gasteiger partial charge is 0.493 e. The topological polar surface area (TPSA) is 64.4 Å². The number of nitrogens with one attached hydrogen (secondary N) is 1. The van der Waals surface area contributed by atoms with Crippen molar-refractivity contribution in [2.75, 3.05) is 7.11 Å². The van der Waals surface area contributed by atoms with Crippen LogP contribution >= 0.6 is 28.1 Å². The number of hydrogen-bond acceptors (Lipinski definition) is 5. The molecule has 0 atom stereocenters. The van der Waals surface area contributed by atoms with Gasteiger partial charge in [-0.15, -0.1) is 0 Å². The van der Waals surface area contributed by atoms with Crippen molar-refractivity contribution in [1.29, 1.82) is 0 Å². The second kappa shape index (κ2) is 9.88. The predicted molar refractivity (Wildman–Crippen MR) is 127 cm³/mol. The Bertz CT molecular complexity index is 1320. The Kier molecular flexibility index (Phi) is 6.77. The number of H-pyrrole nitrogens is 1. The SMILES string of the molecule is COc1cc(/C=N\n2c(-c3ccccc3)n[nH]c2=S)cc(Br)c1OCc1cccc(F)c1. The van der Waals surface area contributed by atoms with Crippen LogP contribution in [0.5, 0.6) is 11.5 Å². The first kappa shape index (κ1) is 21.9. The van der Waals surface area contributed by atoms with Crippen LogP contribution in [-0.4, -0.2) is 28.2 Å². The molecule has 3 aromatic carbocycles. The maximum absolute atomic E-state index is 13.4. The van der Waals surface area contributed by atoms with Gasteiger partial charge in [0.15, 0.2) is 17.3 Å². The number of hydrogen-bond donors (Lipinski definition) is 1. The lowest BCUT2D eigenvalue weighted by atomic mass is 10.2. The molecule has 32 heavy (non-hydrogen) atoms. The van der Waals surface area contributed by atoms with E-state index in [-0.39, 0.29) is 12.4 Å². The number of halogens is 2. The maximum Gasteiger partial charge on any atom is 0.216 e. The molecule has 0 radical (unpaired) electrons. The van der Waals surface area contributed by atoms with Crippen molar-refractivity contribution in [3.63, 3.8) is 0 Å². The fourth-order valence-electron chi connectivity index (χ4n) is 3.03. The zero-order valence-electron chi connectivity index (χ0n) is 17.0. The Morgan fingerprint density at radius 3 is 2.72 bits per heavy atom. The summed E-state index contributed by atoms with van der Waals surface area (Å²) in [6.45, 7) is 0.199. The summed E-state index contributed by atoms with van der Waals surface area (Å²) in [4.78, 5) is 0. The highest BCUT2D eigenvalue weighted by Crippen LogP contribution is 2.37. The number of rotatable bonds is 7. The van der Waals surface area contributed by atoms with E-state index in [1.165, 1.54) is 12.1 Å². The molecule has 6 nitrogen and oxygen atoms in total. The fourth-order valence-corrected chi connectivity index (χ4v) is 3.79. The van der Waals surface area contributed by atoms with Gasteiger partial charge in [-0.1, -0.05) is 42.5 Å². The molecule has 0 saturated heterocycles. The van der Waals surface area contributed by atoms with E-state index in [1.807, 2.05) is 36.4 Å². The summed E-state index contributed by atoms with van der Waals surface area (Å²) in [5.41, 5.74) is 2.36. The van der Waals surface area contributed by atoms with Crippen molar-refractivity contribution in [2.24, 2.45) is 5.10 Å². The van der Waals surface area contributed by atoms with Crippen LogP contribution < -0.4 is 9.47 Å². The summed E-state index contributed by atoms with van der Waals surface area (Å²) in [7, 11) is 1.55.